The first-order valence-electron chi connectivity index (χ1n) is 8.75. The summed E-state index contributed by atoms with van der Waals surface area (Å²) in [5.74, 6) is -0.684. The SMILES string of the molecule is CC(C(=O)NC1CCCC1)N(C)CC(=O)Nc1ccc(Cl)c(C(F)(F)F)c1. The average Bonchev–Trinajstić information content (AvgIpc) is 3.07. The maximum absolute atomic E-state index is 12.9. The van der Waals surface area contributed by atoms with Gasteiger partial charge in [-0.15, -0.1) is 0 Å². The Morgan fingerprint density at radius 1 is 1.30 bits per heavy atom. The Labute approximate surface area is 161 Å². The van der Waals surface area contributed by atoms with Gasteiger partial charge in [0.25, 0.3) is 0 Å². The van der Waals surface area contributed by atoms with Gasteiger partial charge in [-0.25, -0.2) is 0 Å². The van der Waals surface area contributed by atoms with Crippen molar-refractivity contribution in [1.82, 2.24) is 10.2 Å². The van der Waals surface area contributed by atoms with Gasteiger partial charge in [0.05, 0.1) is 23.2 Å². The average molecular weight is 406 g/mol. The molecule has 1 unspecified atom stereocenters. The Bertz CT molecular complexity index is 691. The number of carbonyl (C=O) groups is 2. The van der Waals surface area contributed by atoms with Gasteiger partial charge in [0, 0.05) is 11.7 Å². The van der Waals surface area contributed by atoms with Gasteiger partial charge in [0.15, 0.2) is 0 Å². The molecule has 0 saturated heterocycles. The van der Waals surface area contributed by atoms with Crippen molar-refractivity contribution in [2.45, 2.75) is 50.9 Å². The van der Waals surface area contributed by atoms with Crippen LogP contribution in [-0.2, 0) is 15.8 Å². The Morgan fingerprint density at radius 2 is 1.93 bits per heavy atom. The molecule has 2 rings (SSSR count). The summed E-state index contributed by atoms with van der Waals surface area (Å²) < 4.78 is 38.7. The lowest BCUT2D eigenvalue weighted by atomic mass is 10.2. The highest BCUT2D eigenvalue weighted by Gasteiger charge is 2.33. The minimum absolute atomic E-state index is 0.00631. The van der Waals surface area contributed by atoms with E-state index in [1.807, 2.05) is 0 Å². The van der Waals surface area contributed by atoms with E-state index in [2.05, 4.69) is 10.6 Å². The molecule has 0 heterocycles. The van der Waals surface area contributed by atoms with Crippen molar-refractivity contribution < 1.29 is 22.8 Å². The van der Waals surface area contributed by atoms with E-state index in [9.17, 15) is 22.8 Å². The molecule has 1 aliphatic rings. The number of likely N-dealkylation sites (N-methyl/N-ethyl adjacent to an activating group) is 1. The van der Waals surface area contributed by atoms with Crippen molar-refractivity contribution in [3.8, 4) is 0 Å². The number of halogens is 4. The van der Waals surface area contributed by atoms with E-state index in [4.69, 9.17) is 11.6 Å². The first kappa shape index (κ1) is 21.5. The zero-order valence-electron chi connectivity index (χ0n) is 15.2. The number of carbonyl (C=O) groups excluding carboxylic acids is 2. The van der Waals surface area contributed by atoms with Crippen LogP contribution in [0.4, 0.5) is 18.9 Å². The van der Waals surface area contributed by atoms with E-state index >= 15 is 0 Å². The minimum atomic E-state index is -4.61. The smallest absolute Gasteiger partial charge is 0.352 e. The molecule has 1 aromatic carbocycles. The molecular formula is C18H23ClF3N3O2. The van der Waals surface area contributed by atoms with Crippen LogP contribution in [0.5, 0.6) is 0 Å². The van der Waals surface area contributed by atoms with Crippen LogP contribution in [0.2, 0.25) is 5.02 Å². The van der Waals surface area contributed by atoms with Crippen molar-refractivity contribution >= 4 is 29.1 Å². The Balaban J connectivity index is 1.91. The van der Waals surface area contributed by atoms with Gasteiger partial charge in [-0.1, -0.05) is 24.4 Å². The highest BCUT2D eigenvalue weighted by Crippen LogP contribution is 2.36. The van der Waals surface area contributed by atoms with E-state index in [0.717, 1.165) is 37.8 Å². The molecule has 150 valence electrons. The first-order chi connectivity index (χ1) is 12.6. The number of rotatable bonds is 6. The number of benzene rings is 1. The zero-order chi connectivity index (χ0) is 20.2. The standard InChI is InChI=1S/C18H23ClF3N3O2/c1-11(17(27)24-12-5-3-4-6-12)25(2)10-16(26)23-13-7-8-15(19)14(9-13)18(20,21)22/h7-9,11-12H,3-6,10H2,1-2H3,(H,23,26)(H,24,27). The summed E-state index contributed by atoms with van der Waals surface area (Å²) in [6.07, 6.45) is -0.500. The normalized spacial score (nSPS) is 16.4. The van der Waals surface area contributed by atoms with Gasteiger partial charge >= 0.3 is 6.18 Å². The van der Waals surface area contributed by atoms with E-state index in [-0.39, 0.29) is 24.2 Å². The second kappa shape index (κ2) is 8.93. The second-order valence-corrected chi connectivity index (χ2v) is 7.23. The van der Waals surface area contributed by atoms with Gasteiger partial charge in [-0.05, 0) is 45.0 Å². The van der Waals surface area contributed by atoms with Crippen LogP contribution < -0.4 is 10.6 Å². The lowest BCUT2D eigenvalue weighted by Crippen LogP contribution is -2.48. The Hall–Kier alpha value is -1.80. The molecular weight excluding hydrogens is 383 g/mol. The van der Waals surface area contributed by atoms with Gasteiger partial charge in [0.1, 0.15) is 0 Å². The fourth-order valence-electron chi connectivity index (χ4n) is 2.98. The summed E-state index contributed by atoms with van der Waals surface area (Å²) in [6, 6.07) is 2.81. The van der Waals surface area contributed by atoms with Gasteiger partial charge in [-0.3, -0.25) is 14.5 Å². The summed E-state index contributed by atoms with van der Waals surface area (Å²) >= 11 is 5.56. The third-order valence-corrected chi connectivity index (χ3v) is 5.02. The number of hydrogen-bond acceptors (Lipinski definition) is 3. The van der Waals surface area contributed by atoms with Crippen molar-refractivity contribution in [2.24, 2.45) is 0 Å². The molecule has 2 N–H and O–H groups in total. The van der Waals surface area contributed by atoms with E-state index in [1.165, 1.54) is 6.07 Å². The molecule has 0 bridgehead atoms. The molecule has 1 atom stereocenters. The zero-order valence-corrected chi connectivity index (χ0v) is 16.0. The lowest BCUT2D eigenvalue weighted by molar-refractivity contribution is -0.137. The highest BCUT2D eigenvalue weighted by atomic mass is 35.5. The molecule has 1 fully saturated rings. The summed E-state index contributed by atoms with van der Waals surface area (Å²) in [4.78, 5) is 25.9. The summed E-state index contributed by atoms with van der Waals surface area (Å²) in [5, 5.41) is 4.93. The largest absolute Gasteiger partial charge is 0.417 e. The van der Waals surface area contributed by atoms with Crippen LogP contribution in [0, 0.1) is 0 Å². The Morgan fingerprint density at radius 3 is 2.52 bits per heavy atom. The van der Waals surface area contributed by atoms with Gasteiger partial charge < -0.3 is 10.6 Å². The fourth-order valence-corrected chi connectivity index (χ4v) is 3.20. The van der Waals surface area contributed by atoms with E-state index in [0.29, 0.717) is 0 Å². The van der Waals surface area contributed by atoms with Crippen molar-refractivity contribution in [3.63, 3.8) is 0 Å². The summed E-state index contributed by atoms with van der Waals surface area (Å²) in [5.41, 5.74) is -1.02. The lowest BCUT2D eigenvalue weighted by Gasteiger charge is -2.25. The van der Waals surface area contributed by atoms with Crippen LogP contribution >= 0.6 is 11.6 Å². The summed E-state index contributed by atoms with van der Waals surface area (Å²) in [6.45, 7) is 1.55. The van der Waals surface area contributed by atoms with E-state index in [1.54, 1.807) is 18.9 Å². The number of anilines is 1. The molecule has 2 amide bonds. The fraction of sp³-hybridized carbons (Fsp3) is 0.556. The molecule has 9 heteroatoms. The molecule has 0 aliphatic heterocycles. The van der Waals surface area contributed by atoms with E-state index < -0.39 is 28.7 Å². The highest BCUT2D eigenvalue weighted by molar-refractivity contribution is 6.31. The van der Waals surface area contributed by atoms with Crippen molar-refractivity contribution in [1.29, 1.82) is 0 Å². The number of hydrogen-bond donors (Lipinski definition) is 2. The molecule has 0 radical (unpaired) electrons. The van der Waals surface area contributed by atoms with Gasteiger partial charge in [0.2, 0.25) is 11.8 Å². The van der Waals surface area contributed by atoms with Crippen LogP contribution in [0.1, 0.15) is 38.2 Å². The second-order valence-electron chi connectivity index (χ2n) is 6.82. The third-order valence-electron chi connectivity index (χ3n) is 4.69. The molecule has 1 aromatic rings. The van der Waals surface area contributed by atoms with Crippen LogP contribution in [0.15, 0.2) is 18.2 Å². The number of nitrogens with one attached hydrogen (secondary N) is 2. The molecule has 0 aromatic heterocycles. The predicted octanol–water partition coefficient (Wildman–Crippen LogP) is 3.68. The predicted molar refractivity (Wildman–Crippen MR) is 97.6 cm³/mol. The monoisotopic (exact) mass is 405 g/mol. The van der Waals surface area contributed by atoms with Gasteiger partial charge in [-0.2, -0.15) is 13.2 Å². The molecule has 27 heavy (non-hydrogen) atoms. The third kappa shape index (κ3) is 6.10. The summed E-state index contributed by atoms with van der Waals surface area (Å²) in [7, 11) is 1.61. The van der Waals surface area contributed by atoms with Crippen molar-refractivity contribution in [3.05, 3.63) is 28.8 Å². The minimum Gasteiger partial charge on any atom is -0.352 e. The first-order valence-corrected chi connectivity index (χ1v) is 9.13. The van der Waals surface area contributed by atoms with Crippen LogP contribution in [0.25, 0.3) is 0 Å². The molecule has 1 saturated carbocycles. The number of nitrogens with zero attached hydrogens (tertiary/aromatic N) is 1. The van der Waals surface area contributed by atoms with Crippen LogP contribution in [0.3, 0.4) is 0 Å². The molecule has 0 spiro atoms. The van der Waals surface area contributed by atoms with Crippen LogP contribution in [-0.4, -0.2) is 42.4 Å². The number of alkyl halides is 3. The Kier molecular flexibility index (Phi) is 7.11. The topological polar surface area (TPSA) is 61.4 Å². The number of amides is 2. The molecule has 5 nitrogen and oxygen atoms in total. The quantitative estimate of drug-likeness (QED) is 0.759. The maximum Gasteiger partial charge on any atom is 0.417 e. The molecule has 1 aliphatic carbocycles. The maximum atomic E-state index is 12.9. The van der Waals surface area contributed by atoms with Crippen molar-refractivity contribution in [2.75, 3.05) is 18.9 Å².